The van der Waals surface area contributed by atoms with Crippen molar-refractivity contribution in [2.75, 3.05) is 0 Å². The zero-order valence-electron chi connectivity index (χ0n) is 19.4. The van der Waals surface area contributed by atoms with Crippen molar-refractivity contribution in [2.24, 2.45) is 0 Å². The highest BCUT2D eigenvalue weighted by atomic mass is 32.2. The van der Waals surface area contributed by atoms with Gasteiger partial charge in [-0.25, -0.2) is 0 Å². The van der Waals surface area contributed by atoms with Crippen LogP contribution in [0.3, 0.4) is 0 Å². The topological polar surface area (TPSA) is 103 Å². The van der Waals surface area contributed by atoms with Crippen molar-refractivity contribution in [1.29, 1.82) is 0 Å². The Hall–Kier alpha value is -4.19. The maximum atomic E-state index is 13.1. The van der Waals surface area contributed by atoms with Crippen LogP contribution < -0.4 is 5.32 Å². The number of nitrogens with one attached hydrogen (secondary N) is 1. The molecule has 0 unspecified atom stereocenters. The Bertz CT molecular complexity index is 1440. The summed E-state index contributed by atoms with van der Waals surface area (Å²) in [5.74, 6) is 0.0745. The van der Waals surface area contributed by atoms with Crippen LogP contribution in [-0.2, 0) is 18.5 Å². The zero-order valence-corrected chi connectivity index (χ0v) is 20.2. The summed E-state index contributed by atoms with van der Waals surface area (Å²) in [6.07, 6.45) is -4.44. The smallest absolute Gasteiger partial charge is 0.345 e. The fraction of sp³-hybridized carbons (Fsp3) is 0.160. The number of amides is 1. The van der Waals surface area contributed by atoms with Gasteiger partial charge in [0.1, 0.15) is 0 Å². The lowest BCUT2D eigenvalue weighted by atomic mass is 10.1. The number of benzene rings is 3. The summed E-state index contributed by atoms with van der Waals surface area (Å²) in [5.41, 5.74) is 0.853. The van der Waals surface area contributed by atoms with Gasteiger partial charge in [0.2, 0.25) is 0 Å². The highest BCUT2D eigenvalue weighted by Gasteiger charge is 2.30. The van der Waals surface area contributed by atoms with E-state index in [9.17, 15) is 28.1 Å². The number of carbonyl (C=O) groups is 1. The molecule has 0 aliphatic rings. The summed E-state index contributed by atoms with van der Waals surface area (Å²) in [5, 5.41) is 22.7. The lowest BCUT2D eigenvalue weighted by Crippen LogP contribution is -2.24. The third-order valence-electron chi connectivity index (χ3n) is 5.41. The average molecular weight is 528 g/mol. The highest BCUT2D eigenvalue weighted by molar-refractivity contribution is 7.98. The van der Waals surface area contributed by atoms with Crippen LogP contribution in [0.15, 0.2) is 78.0 Å². The number of halogens is 3. The van der Waals surface area contributed by atoms with Crippen molar-refractivity contribution < 1.29 is 22.9 Å². The second-order valence-corrected chi connectivity index (χ2v) is 8.94. The number of aromatic nitrogens is 3. The second kappa shape index (κ2) is 10.8. The van der Waals surface area contributed by atoms with Crippen LogP contribution in [0.2, 0.25) is 0 Å². The number of thioether (sulfide) groups is 1. The standard InChI is InChI=1S/C25H20F3N5O3S/c1-16-10-11-18(13-21(16)33(35)36)23(34)29-14-22-30-31-24(32(22)20-8-3-2-4-9-20)37-15-17-6-5-7-19(12-17)25(26,27)28/h2-13H,14-15H2,1H3,(H,29,34). The summed E-state index contributed by atoms with van der Waals surface area (Å²) in [6, 6.07) is 18.4. The van der Waals surface area contributed by atoms with Crippen LogP contribution in [0.5, 0.6) is 0 Å². The Morgan fingerprint density at radius 1 is 1.05 bits per heavy atom. The van der Waals surface area contributed by atoms with Crippen LogP contribution in [0.25, 0.3) is 5.69 Å². The van der Waals surface area contributed by atoms with Gasteiger partial charge in [-0.05, 0) is 36.8 Å². The lowest BCUT2D eigenvalue weighted by Gasteiger charge is -2.12. The summed E-state index contributed by atoms with van der Waals surface area (Å²) in [7, 11) is 0. The minimum absolute atomic E-state index is 0.0352. The normalized spacial score (nSPS) is 11.4. The first-order chi connectivity index (χ1) is 17.6. The maximum Gasteiger partial charge on any atom is 0.416 e. The van der Waals surface area contributed by atoms with Crippen LogP contribution in [0.1, 0.15) is 32.9 Å². The van der Waals surface area contributed by atoms with Crippen LogP contribution in [0.4, 0.5) is 18.9 Å². The van der Waals surface area contributed by atoms with E-state index in [0.717, 1.165) is 12.1 Å². The number of hydrogen-bond donors (Lipinski definition) is 1. The molecule has 0 atom stereocenters. The molecule has 0 radical (unpaired) electrons. The molecule has 1 amide bonds. The van der Waals surface area contributed by atoms with Gasteiger partial charge in [0.25, 0.3) is 11.6 Å². The highest BCUT2D eigenvalue weighted by Crippen LogP contribution is 2.31. The van der Waals surface area contributed by atoms with Crippen molar-refractivity contribution in [3.8, 4) is 5.69 Å². The molecule has 4 aromatic rings. The van der Waals surface area contributed by atoms with Gasteiger partial charge in [0.15, 0.2) is 11.0 Å². The number of alkyl halides is 3. The maximum absolute atomic E-state index is 13.1. The molecule has 0 bridgehead atoms. The van der Waals surface area contributed by atoms with Gasteiger partial charge < -0.3 is 5.32 Å². The van der Waals surface area contributed by atoms with E-state index in [2.05, 4.69) is 15.5 Å². The largest absolute Gasteiger partial charge is 0.416 e. The quantitative estimate of drug-likeness (QED) is 0.179. The molecule has 190 valence electrons. The molecule has 37 heavy (non-hydrogen) atoms. The fourth-order valence-electron chi connectivity index (χ4n) is 3.54. The first kappa shape index (κ1) is 25.9. The third kappa shape index (κ3) is 6.15. The first-order valence-corrected chi connectivity index (χ1v) is 11.9. The third-order valence-corrected chi connectivity index (χ3v) is 6.41. The van der Waals surface area contributed by atoms with Crippen molar-refractivity contribution in [3.05, 3.63) is 111 Å². The van der Waals surface area contributed by atoms with E-state index in [0.29, 0.717) is 27.8 Å². The molecule has 8 nitrogen and oxygen atoms in total. The molecule has 1 heterocycles. The van der Waals surface area contributed by atoms with E-state index in [-0.39, 0.29) is 23.5 Å². The molecular formula is C25H20F3N5O3S. The molecule has 1 N–H and O–H groups in total. The van der Waals surface area contributed by atoms with Gasteiger partial charge >= 0.3 is 6.18 Å². The second-order valence-electron chi connectivity index (χ2n) is 8.00. The van der Waals surface area contributed by atoms with E-state index >= 15 is 0 Å². The van der Waals surface area contributed by atoms with E-state index in [4.69, 9.17) is 0 Å². The first-order valence-electron chi connectivity index (χ1n) is 11.0. The van der Waals surface area contributed by atoms with Gasteiger partial charge in [-0.1, -0.05) is 54.2 Å². The van der Waals surface area contributed by atoms with Gasteiger partial charge in [-0.15, -0.1) is 10.2 Å². The number of carbonyl (C=O) groups excluding carboxylic acids is 1. The number of nitro benzene ring substituents is 1. The molecule has 0 aliphatic carbocycles. The van der Waals surface area contributed by atoms with Gasteiger partial charge in [0, 0.05) is 28.6 Å². The SMILES string of the molecule is Cc1ccc(C(=O)NCc2nnc(SCc3cccc(C(F)(F)F)c3)n2-c2ccccc2)cc1[N+](=O)[O-]. The Balaban J connectivity index is 1.55. The Morgan fingerprint density at radius 2 is 1.81 bits per heavy atom. The van der Waals surface area contributed by atoms with E-state index in [1.807, 2.05) is 30.3 Å². The Morgan fingerprint density at radius 3 is 2.51 bits per heavy atom. The predicted octanol–water partition coefficient (Wildman–Crippen LogP) is 5.73. The summed E-state index contributed by atoms with van der Waals surface area (Å²) in [6.45, 7) is 1.55. The van der Waals surface area contributed by atoms with E-state index in [1.165, 1.54) is 36.0 Å². The summed E-state index contributed by atoms with van der Waals surface area (Å²) < 4.78 is 40.9. The van der Waals surface area contributed by atoms with Crippen molar-refractivity contribution in [1.82, 2.24) is 20.1 Å². The van der Waals surface area contributed by atoms with Gasteiger partial charge in [-0.3, -0.25) is 19.5 Å². The molecule has 3 aromatic carbocycles. The Kier molecular flexibility index (Phi) is 7.58. The molecule has 0 aliphatic heterocycles. The molecule has 0 spiro atoms. The number of aryl methyl sites for hydroxylation is 1. The summed E-state index contributed by atoms with van der Waals surface area (Å²) in [4.78, 5) is 23.4. The van der Waals surface area contributed by atoms with E-state index in [1.54, 1.807) is 17.6 Å². The number of hydrogen-bond acceptors (Lipinski definition) is 6. The zero-order chi connectivity index (χ0) is 26.6. The molecule has 12 heteroatoms. The van der Waals surface area contributed by atoms with Crippen LogP contribution in [0, 0.1) is 17.0 Å². The molecule has 0 saturated heterocycles. The predicted molar refractivity (Wildman–Crippen MR) is 131 cm³/mol. The van der Waals surface area contributed by atoms with Crippen LogP contribution >= 0.6 is 11.8 Å². The van der Waals surface area contributed by atoms with Crippen molar-refractivity contribution in [3.63, 3.8) is 0 Å². The number of nitro groups is 1. The number of rotatable bonds is 8. The van der Waals surface area contributed by atoms with E-state index < -0.39 is 22.6 Å². The molecular weight excluding hydrogens is 507 g/mol. The van der Waals surface area contributed by atoms with Crippen molar-refractivity contribution >= 4 is 23.4 Å². The minimum atomic E-state index is -4.44. The lowest BCUT2D eigenvalue weighted by molar-refractivity contribution is -0.385. The monoisotopic (exact) mass is 527 g/mol. The molecule has 4 rings (SSSR count). The minimum Gasteiger partial charge on any atom is -0.345 e. The number of para-hydroxylation sites is 1. The van der Waals surface area contributed by atoms with Gasteiger partial charge in [0.05, 0.1) is 17.0 Å². The van der Waals surface area contributed by atoms with Gasteiger partial charge in [-0.2, -0.15) is 13.2 Å². The summed E-state index contributed by atoms with van der Waals surface area (Å²) >= 11 is 1.21. The average Bonchev–Trinajstić information content (AvgIpc) is 3.29. The molecule has 0 fully saturated rings. The van der Waals surface area contributed by atoms with Crippen LogP contribution in [-0.4, -0.2) is 25.6 Å². The number of nitrogens with zero attached hydrogens (tertiary/aromatic N) is 4. The molecule has 1 aromatic heterocycles. The molecule has 0 saturated carbocycles. The fourth-order valence-corrected chi connectivity index (χ4v) is 4.45. The van der Waals surface area contributed by atoms with Crippen molar-refractivity contribution in [2.45, 2.75) is 30.6 Å². The Labute approximate surface area is 213 Å².